The van der Waals surface area contributed by atoms with Gasteiger partial charge in [0.05, 0.1) is 6.61 Å². The second-order valence-electron chi connectivity index (χ2n) is 5.37. The van der Waals surface area contributed by atoms with Crippen LogP contribution in [0.3, 0.4) is 0 Å². The Labute approximate surface area is 131 Å². The number of allylic oxidation sites excluding steroid dienone is 3. The molecular formula is C19H22O3. The summed E-state index contributed by atoms with van der Waals surface area (Å²) < 4.78 is 5.44. The lowest BCUT2D eigenvalue weighted by atomic mass is 9.88. The van der Waals surface area contributed by atoms with E-state index in [-0.39, 0.29) is 17.3 Å². The lowest BCUT2D eigenvalue weighted by molar-refractivity contribution is -0.118. The molecule has 0 saturated heterocycles. The van der Waals surface area contributed by atoms with Crippen LogP contribution in [0, 0.1) is 0 Å². The zero-order chi connectivity index (χ0) is 15.9. The van der Waals surface area contributed by atoms with Gasteiger partial charge in [-0.25, -0.2) is 0 Å². The van der Waals surface area contributed by atoms with Crippen LogP contribution in [0.1, 0.15) is 38.7 Å². The number of Topliss-reactive ketones (excluding diaryl/α,β-unsaturated/α-hetero) is 1. The van der Waals surface area contributed by atoms with E-state index in [0.29, 0.717) is 30.6 Å². The lowest BCUT2D eigenvalue weighted by Gasteiger charge is -2.19. The molecule has 0 radical (unpaired) electrons. The maximum absolute atomic E-state index is 12.7. The second-order valence-corrected chi connectivity index (χ2v) is 5.37. The maximum Gasteiger partial charge on any atom is 0.221 e. The first-order chi connectivity index (χ1) is 10.7. The van der Waals surface area contributed by atoms with Crippen molar-refractivity contribution in [2.24, 2.45) is 0 Å². The van der Waals surface area contributed by atoms with Gasteiger partial charge in [-0.2, -0.15) is 0 Å². The van der Waals surface area contributed by atoms with Gasteiger partial charge < -0.3 is 4.74 Å². The number of hydrogen-bond donors (Lipinski definition) is 0. The lowest BCUT2D eigenvalue weighted by Crippen LogP contribution is -2.22. The highest BCUT2D eigenvalue weighted by atomic mass is 16.5. The van der Waals surface area contributed by atoms with Crippen molar-refractivity contribution < 1.29 is 14.3 Å². The quantitative estimate of drug-likeness (QED) is 0.719. The highest BCUT2D eigenvalue weighted by Gasteiger charge is 2.29. The first kappa shape index (κ1) is 16.2. The molecular weight excluding hydrogens is 276 g/mol. The first-order valence-corrected chi connectivity index (χ1v) is 7.86. The topological polar surface area (TPSA) is 43.4 Å². The Balaban J connectivity index is 2.26. The number of unbranched alkanes of at least 4 members (excludes halogenated alkanes) is 1. The zero-order valence-electron chi connectivity index (χ0n) is 13.2. The highest BCUT2D eigenvalue weighted by molar-refractivity contribution is 6.22. The van der Waals surface area contributed by atoms with Crippen LogP contribution in [0.5, 0.6) is 0 Å². The average molecular weight is 298 g/mol. The minimum atomic E-state index is -0.182. The monoisotopic (exact) mass is 298 g/mol. The summed E-state index contributed by atoms with van der Waals surface area (Å²) in [5, 5.41) is 0. The zero-order valence-corrected chi connectivity index (χ0v) is 13.2. The number of ketones is 2. The molecule has 0 aliphatic heterocycles. The van der Waals surface area contributed by atoms with Gasteiger partial charge in [0.2, 0.25) is 5.78 Å². The molecule has 3 nitrogen and oxygen atoms in total. The Hall–Kier alpha value is -2.16. The molecule has 2 rings (SSSR count). The largest absolute Gasteiger partial charge is 0.489 e. The number of carbonyl (C=O) groups excluding carboxylic acids is 2. The van der Waals surface area contributed by atoms with Crippen LogP contribution in [-0.4, -0.2) is 18.2 Å². The van der Waals surface area contributed by atoms with Crippen molar-refractivity contribution in [3.8, 4) is 0 Å². The predicted molar refractivity (Wildman–Crippen MR) is 86.4 cm³/mol. The van der Waals surface area contributed by atoms with Crippen LogP contribution >= 0.6 is 0 Å². The summed E-state index contributed by atoms with van der Waals surface area (Å²) in [7, 11) is 0. The molecule has 1 aliphatic carbocycles. The molecule has 22 heavy (non-hydrogen) atoms. The smallest absolute Gasteiger partial charge is 0.221 e. The third-order valence-electron chi connectivity index (χ3n) is 3.68. The van der Waals surface area contributed by atoms with Crippen molar-refractivity contribution >= 4 is 11.6 Å². The fourth-order valence-electron chi connectivity index (χ4n) is 2.57. The van der Waals surface area contributed by atoms with E-state index in [4.69, 9.17) is 4.74 Å². The normalized spacial score (nSPS) is 15.1. The first-order valence-electron chi connectivity index (χ1n) is 7.86. The average Bonchev–Trinajstić information content (AvgIpc) is 2.53. The molecule has 0 spiro atoms. The summed E-state index contributed by atoms with van der Waals surface area (Å²) in [6.45, 7) is 4.29. The van der Waals surface area contributed by atoms with Gasteiger partial charge in [0.1, 0.15) is 0 Å². The molecule has 0 unspecified atom stereocenters. The molecule has 3 heteroatoms. The minimum Gasteiger partial charge on any atom is -0.489 e. The van der Waals surface area contributed by atoms with E-state index in [1.165, 1.54) is 6.08 Å². The number of hydrogen-bond acceptors (Lipinski definition) is 3. The van der Waals surface area contributed by atoms with Crippen molar-refractivity contribution in [3.63, 3.8) is 0 Å². The van der Waals surface area contributed by atoms with E-state index in [0.717, 1.165) is 18.4 Å². The van der Waals surface area contributed by atoms with Gasteiger partial charge in [-0.05, 0) is 31.4 Å². The molecule has 0 amide bonds. The van der Waals surface area contributed by atoms with Gasteiger partial charge in [-0.1, -0.05) is 43.7 Å². The predicted octanol–water partition coefficient (Wildman–Crippen LogP) is 3.79. The third-order valence-corrected chi connectivity index (χ3v) is 3.68. The minimum absolute atomic E-state index is 0.0413. The molecule has 0 atom stereocenters. The van der Waals surface area contributed by atoms with Crippen LogP contribution in [0.2, 0.25) is 0 Å². The standard InChI is InChI=1S/C19H22O3/c1-3-5-11-16-18(21)15(12-14-9-7-6-8-10-14)13-17(20)19(16)22-4-2/h6-10,13H,3-5,11-12H2,1-2H3. The molecule has 0 N–H and O–H groups in total. The van der Waals surface area contributed by atoms with E-state index in [1.807, 2.05) is 37.3 Å². The molecule has 116 valence electrons. The van der Waals surface area contributed by atoms with Crippen molar-refractivity contribution in [2.45, 2.75) is 39.5 Å². The Morgan fingerprint density at radius 3 is 2.41 bits per heavy atom. The van der Waals surface area contributed by atoms with Crippen molar-refractivity contribution in [2.75, 3.05) is 6.61 Å². The summed E-state index contributed by atoms with van der Waals surface area (Å²) in [5.74, 6) is 0.0246. The highest BCUT2D eigenvalue weighted by Crippen LogP contribution is 2.26. The van der Waals surface area contributed by atoms with Crippen LogP contribution in [-0.2, 0) is 20.7 Å². The van der Waals surface area contributed by atoms with Gasteiger partial charge in [0, 0.05) is 17.6 Å². The van der Waals surface area contributed by atoms with E-state index in [2.05, 4.69) is 6.92 Å². The summed E-state index contributed by atoms with van der Waals surface area (Å²) in [5.41, 5.74) is 2.14. The molecule has 1 aromatic carbocycles. The number of rotatable bonds is 7. The van der Waals surface area contributed by atoms with E-state index in [9.17, 15) is 9.59 Å². The van der Waals surface area contributed by atoms with Crippen LogP contribution in [0.15, 0.2) is 53.3 Å². The fourth-order valence-corrected chi connectivity index (χ4v) is 2.57. The van der Waals surface area contributed by atoms with Crippen LogP contribution < -0.4 is 0 Å². The molecule has 1 aliphatic rings. The molecule has 0 aromatic heterocycles. The maximum atomic E-state index is 12.7. The van der Waals surface area contributed by atoms with Gasteiger partial charge in [-0.15, -0.1) is 0 Å². The van der Waals surface area contributed by atoms with Crippen molar-refractivity contribution in [1.29, 1.82) is 0 Å². The van der Waals surface area contributed by atoms with Gasteiger partial charge in [0.25, 0.3) is 0 Å². The molecule has 0 heterocycles. The Morgan fingerprint density at radius 1 is 1.05 bits per heavy atom. The third kappa shape index (κ3) is 3.73. The van der Waals surface area contributed by atoms with Crippen LogP contribution in [0.4, 0.5) is 0 Å². The van der Waals surface area contributed by atoms with E-state index >= 15 is 0 Å². The van der Waals surface area contributed by atoms with Gasteiger partial charge >= 0.3 is 0 Å². The number of carbonyl (C=O) groups is 2. The number of benzene rings is 1. The second kappa shape index (κ2) is 7.74. The Kier molecular flexibility index (Phi) is 5.70. The Morgan fingerprint density at radius 2 is 1.77 bits per heavy atom. The summed E-state index contributed by atoms with van der Waals surface area (Å²) in [6, 6.07) is 9.73. The number of ether oxygens (including phenoxy) is 1. The molecule has 0 saturated carbocycles. The SMILES string of the molecule is CCCCC1=C(OCC)C(=O)C=C(Cc2ccccc2)C1=O. The van der Waals surface area contributed by atoms with Crippen molar-refractivity contribution in [1.82, 2.24) is 0 Å². The van der Waals surface area contributed by atoms with E-state index < -0.39 is 0 Å². The van der Waals surface area contributed by atoms with Crippen LogP contribution in [0.25, 0.3) is 0 Å². The van der Waals surface area contributed by atoms with Gasteiger partial charge in [0.15, 0.2) is 11.5 Å². The fraction of sp³-hybridized carbons (Fsp3) is 0.368. The molecule has 0 fully saturated rings. The summed E-state index contributed by atoms with van der Waals surface area (Å²) in [6.07, 6.45) is 4.38. The summed E-state index contributed by atoms with van der Waals surface area (Å²) in [4.78, 5) is 25.0. The summed E-state index contributed by atoms with van der Waals surface area (Å²) >= 11 is 0. The van der Waals surface area contributed by atoms with Gasteiger partial charge in [-0.3, -0.25) is 9.59 Å². The molecule has 1 aromatic rings. The molecule has 0 bridgehead atoms. The van der Waals surface area contributed by atoms with Crippen molar-refractivity contribution in [3.05, 3.63) is 58.9 Å². The van der Waals surface area contributed by atoms with E-state index in [1.54, 1.807) is 0 Å². The Bertz CT molecular complexity index is 609.